The highest BCUT2D eigenvalue weighted by Crippen LogP contribution is 2.30. The highest BCUT2D eigenvalue weighted by molar-refractivity contribution is 5.34. The standard InChI is InChI=1S/C21H28N2O/c1-17(2)16-21(23-14-12-22-13-15-23)18-8-10-20(11-9-18)24-19-6-4-3-5-7-19/h3-11,17,21-22H,12-16H2,1-2H3/t21-/m1/s1. The van der Waals surface area contributed by atoms with E-state index in [0.29, 0.717) is 12.0 Å². The van der Waals surface area contributed by atoms with E-state index in [2.05, 4.69) is 48.3 Å². The summed E-state index contributed by atoms with van der Waals surface area (Å²) >= 11 is 0. The van der Waals surface area contributed by atoms with Gasteiger partial charge in [-0.3, -0.25) is 4.90 Å². The average molecular weight is 324 g/mol. The van der Waals surface area contributed by atoms with Crippen molar-refractivity contribution in [2.24, 2.45) is 5.92 Å². The second-order valence-corrected chi connectivity index (χ2v) is 6.92. The molecule has 1 N–H and O–H groups in total. The molecule has 0 aliphatic carbocycles. The van der Waals surface area contributed by atoms with E-state index in [4.69, 9.17) is 4.74 Å². The van der Waals surface area contributed by atoms with Gasteiger partial charge in [-0.25, -0.2) is 0 Å². The van der Waals surface area contributed by atoms with Gasteiger partial charge in [0.15, 0.2) is 0 Å². The van der Waals surface area contributed by atoms with Gasteiger partial charge in [-0.2, -0.15) is 0 Å². The highest BCUT2D eigenvalue weighted by Gasteiger charge is 2.23. The zero-order valence-corrected chi connectivity index (χ0v) is 14.7. The lowest BCUT2D eigenvalue weighted by Crippen LogP contribution is -2.45. The molecule has 24 heavy (non-hydrogen) atoms. The maximum atomic E-state index is 5.92. The van der Waals surface area contributed by atoms with Gasteiger partial charge in [-0.15, -0.1) is 0 Å². The van der Waals surface area contributed by atoms with Gasteiger partial charge < -0.3 is 10.1 Å². The highest BCUT2D eigenvalue weighted by atomic mass is 16.5. The maximum Gasteiger partial charge on any atom is 0.127 e. The van der Waals surface area contributed by atoms with Gasteiger partial charge in [-0.05, 0) is 42.2 Å². The average Bonchev–Trinajstić information content (AvgIpc) is 2.62. The molecular formula is C21H28N2O. The molecule has 3 nitrogen and oxygen atoms in total. The number of ether oxygens (including phenoxy) is 1. The zero-order chi connectivity index (χ0) is 16.8. The number of para-hydroxylation sites is 1. The van der Waals surface area contributed by atoms with Crippen LogP contribution >= 0.6 is 0 Å². The Morgan fingerprint density at radius 2 is 1.54 bits per heavy atom. The number of nitrogens with one attached hydrogen (secondary N) is 1. The van der Waals surface area contributed by atoms with Crippen molar-refractivity contribution in [2.75, 3.05) is 26.2 Å². The molecule has 1 aliphatic heterocycles. The fraction of sp³-hybridized carbons (Fsp3) is 0.429. The quantitative estimate of drug-likeness (QED) is 0.848. The monoisotopic (exact) mass is 324 g/mol. The van der Waals surface area contributed by atoms with Crippen LogP contribution in [0.4, 0.5) is 0 Å². The summed E-state index contributed by atoms with van der Waals surface area (Å²) in [6.07, 6.45) is 1.19. The summed E-state index contributed by atoms with van der Waals surface area (Å²) in [7, 11) is 0. The second-order valence-electron chi connectivity index (χ2n) is 6.92. The Morgan fingerprint density at radius 3 is 2.17 bits per heavy atom. The lowest BCUT2D eigenvalue weighted by atomic mass is 9.95. The summed E-state index contributed by atoms with van der Waals surface area (Å²) in [5, 5.41) is 3.45. The molecule has 1 atom stereocenters. The van der Waals surface area contributed by atoms with Crippen molar-refractivity contribution >= 4 is 0 Å². The van der Waals surface area contributed by atoms with Crippen LogP contribution in [0.25, 0.3) is 0 Å². The molecule has 0 unspecified atom stereocenters. The minimum absolute atomic E-state index is 0.498. The number of nitrogens with zero attached hydrogens (tertiary/aromatic N) is 1. The first-order chi connectivity index (χ1) is 11.7. The second kappa shape index (κ2) is 8.32. The van der Waals surface area contributed by atoms with E-state index >= 15 is 0 Å². The smallest absolute Gasteiger partial charge is 0.127 e. The molecule has 0 amide bonds. The van der Waals surface area contributed by atoms with Gasteiger partial charge in [0.2, 0.25) is 0 Å². The van der Waals surface area contributed by atoms with Crippen LogP contribution in [-0.2, 0) is 0 Å². The molecule has 128 valence electrons. The molecule has 0 spiro atoms. The van der Waals surface area contributed by atoms with Crippen molar-refractivity contribution in [1.82, 2.24) is 10.2 Å². The maximum absolute atomic E-state index is 5.92. The minimum atomic E-state index is 0.498. The molecule has 2 aromatic rings. The first-order valence-electron chi connectivity index (χ1n) is 9.00. The number of piperazine rings is 1. The molecule has 1 saturated heterocycles. The molecule has 3 rings (SSSR count). The summed E-state index contributed by atoms with van der Waals surface area (Å²) < 4.78 is 5.92. The third kappa shape index (κ3) is 4.59. The summed E-state index contributed by atoms with van der Waals surface area (Å²) in [5.74, 6) is 2.46. The third-order valence-electron chi connectivity index (χ3n) is 4.53. The van der Waals surface area contributed by atoms with Crippen molar-refractivity contribution in [1.29, 1.82) is 0 Å². The minimum Gasteiger partial charge on any atom is -0.457 e. The van der Waals surface area contributed by atoms with E-state index in [1.54, 1.807) is 0 Å². The normalized spacial score (nSPS) is 17.0. The Balaban J connectivity index is 1.73. The summed E-state index contributed by atoms with van der Waals surface area (Å²) in [6.45, 7) is 9.04. The Hall–Kier alpha value is -1.84. The van der Waals surface area contributed by atoms with Crippen LogP contribution in [-0.4, -0.2) is 31.1 Å². The third-order valence-corrected chi connectivity index (χ3v) is 4.53. The number of hydrogen-bond acceptors (Lipinski definition) is 3. The lowest BCUT2D eigenvalue weighted by molar-refractivity contribution is 0.154. The van der Waals surface area contributed by atoms with Crippen LogP contribution < -0.4 is 10.1 Å². The van der Waals surface area contributed by atoms with Gasteiger partial charge in [0.1, 0.15) is 11.5 Å². The number of rotatable bonds is 6. The van der Waals surface area contributed by atoms with Crippen LogP contribution in [0.3, 0.4) is 0 Å². The van der Waals surface area contributed by atoms with Crippen molar-refractivity contribution in [3.8, 4) is 11.5 Å². The molecule has 1 aliphatic rings. The van der Waals surface area contributed by atoms with Gasteiger partial charge in [0.05, 0.1) is 0 Å². The largest absolute Gasteiger partial charge is 0.457 e. The topological polar surface area (TPSA) is 24.5 Å². The lowest BCUT2D eigenvalue weighted by Gasteiger charge is -2.36. The fourth-order valence-corrected chi connectivity index (χ4v) is 3.32. The molecule has 1 heterocycles. The molecule has 2 aromatic carbocycles. The molecule has 0 bridgehead atoms. The van der Waals surface area contributed by atoms with Crippen LogP contribution in [0.1, 0.15) is 31.9 Å². The Bertz CT molecular complexity index is 603. The first kappa shape index (κ1) is 17.0. The SMILES string of the molecule is CC(C)C[C@H](c1ccc(Oc2ccccc2)cc1)N1CCNCC1. The number of benzene rings is 2. The summed E-state index contributed by atoms with van der Waals surface area (Å²) in [4.78, 5) is 2.61. The first-order valence-corrected chi connectivity index (χ1v) is 9.00. The van der Waals surface area contributed by atoms with Gasteiger partial charge in [0, 0.05) is 32.2 Å². The van der Waals surface area contributed by atoms with Crippen LogP contribution in [0.5, 0.6) is 11.5 Å². The van der Waals surface area contributed by atoms with E-state index in [1.807, 2.05) is 30.3 Å². The fourth-order valence-electron chi connectivity index (χ4n) is 3.32. The van der Waals surface area contributed by atoms with E-state index < -0.39 is 0 Å². The molecule has 1 fully saturated rings. The molecule has 3 heteroatoms. The summed E-state index contributed by atoms with van der Waals surface area (Å²) in [6, 6.07) is 19.1. The molecule has 0 aromatic heterocycles. The van der Waals surface area contributed by atoms with Crippen molar-refractivity contribution in [3.05, 3.63) is 60.2 Å². The Kier molecular flexibility index (Phi) is 5.89. The predicted molar refractivity (Wildman–Crippen MR) is 99.6 cm³/mol. The molecule has 0 radical (unpaired) electrons. The van der Waals surface area contributed by atoms with Crippen LogP contribution in [0, 0.1) is 5.92 Å². The van der Waals surface area contributed by atoms with Crippen molar-refractivity contribution < 1.29 is 4.74 Å². The van der Waals surface area contributed by atoms with E-state index in [0.717, 1.165) is 37.7 Å². The van der Waals surface area contributed by atoms with Crippen molar-refractivity contribution in [2.45, 2.75) is 26.3 Å². The van der Waals surface area contributed by atoms with E-state index in [9.17, 15) is 0 Å². The summed E-state index contributed by atoms with van der Waals surface area (Å²) in [5.41, 5.74) is 1.39. The predicted octanol–water partition coefficient (Wildman–Crippen LogP) is 4.47. The van der Waals surface area contributed by atoms with Gasteiger partial charge >= 0.3 is 0 Å². The Labute approximate surface area is 145 Å². The number of hydrogen-bond donors (Lipinski definition) is 1. The van der Waals surface area contributed by atoms with Crippen LogP contribution in [0.2, 0.25) is 0 Å². The van der Waals surface area contributed by atoms with Gasteiger partial charge in [0.25, 0.3) is 0 Å². The molecule has 0 saturated carbocycles. The van der Waals surface area contributed by atoms with Crippen molar-refractivity contribution in [3.63, 3.8) is 0 Å². The molecular weight excluding hydrogens is 296 g/mol. The Morgan fingerprint density at radius 1 is 0.917 bits per heavy atom. The van der Waals surface area contributed by atoms with Crippen LogP contribution in [0.15, 0.2) is 54.6 Å². The van der Waals surface area contributed by atoms with E-state index in [-0.39, 0.29) is 0 Å². The van der Waals surface area contributed by atoms with Gasteiger partial charge in [-0.1, -0.05) is 44.2 Å². The zero-order valence-electron chi connectivity index (χ0n) is 14.7. The van der Waals surface area contributed by atoms with E-state index in [1.165, 1.54) is 12.0 Å².